The van der Waals surface area contributed by atoms with Gasteiger partial charge in [-0.05, 0) is 100 Å². The second-order valence-corrected chi connectivity index (χ2v) is 15.3. The van der Waals surface area contributed by atoms with Crippen molar-refractivity contribution in [2.75, 3.05) is 24.5 Å². The Bertz CT molecular complexity index is 2440. The van der Waals surface area contributed by atoms with Gasteiger partial charge in [-0.15, -0.1) is 4.91 Å². The molecule has 67 heavy (non-hydrogen) atoms. The highest BCUT2D eigenvalue weighted by atomic mass is 35.5. The third-order valence-electron chi connectivity index (χ3n) is 9.46. The number of nitro groups is 2. The van der Waals surface area contributed by atoms with E-state index in [1.807, 2.05) is 6.92 Å². The van der Waals surface area contributed by atoms with Gasteiger partial charge in [-0.1, -0.05) is 66.0 Å². The fraction of sp³-hybridized carbons (Fsp3) is 0.318. The van der Waals surface area contributed by atoms with Gasteiger partial charge in [-0.25, -0.2) is 13.2 Å². The van der Waals surface area contributed by atoms with E-state index in [0.717, 1.165) is 18.7 Å². The van der Waals surface area contributed by atoms with Gasteiger partial charge in [-0.2, -0.15) is 26.3 Å². The van der Waals surface area contributed by atoms with Gasteiger partial charge in [0.2, 0.25) is 0 Å². The third-order valence-corrected chi connectivity index (χ3v) is 10.7. The van der Waals surface area contributed by atoms with Crippen molar-refractivity contribution in [1.82, 2.24) is 10.3 Å². The van der Waals surface area contributed by atoms with Crippen molar-refractivity contribution in [2.24, 2.45) is 5.29 Å². The Hall–Kier alpha value is -5.70. The van der Waals surface area contributed by atoms with Gasteiger partial charge in [0.25, 0.3) is 11.4 Å². The minimum atomic E-state index is -4.69. The highest BCUT2D eigenvalue weighted by Crippen LogP contribution is 2.40. The van der Waals surface area contributed by atoms with Gasteiger partial charge < -0.3 is 10.2 Å². The van der Waals surface area contributed by atoms with Crippen molar-refractivity contribution in [1.29, 1.82) is 0 Å². The van der Waals surface area contributed by atoms with Gasteiger partial charge in [0.05, 0.1) is 32.8 Å². The number of halogens is 12. The molecule has 0 saturated heterocycles. The molecule has 23 heteroatoms. The van der Waals surface area contributed by atoms with E-state index in [0.29, 0.717) is 57.5 Å². The number of nitrogens with zero attached hydrogens (tertiary/aromatic N) is 5. The number of hydrogen-bond acceptors (Lipinski definition) is 8. The predicted octanol–water partition coefficient (Wildman–Crippen LogP) is 14.5. The normalized spacial score (nSPS) is 11.0. The van der Waals surface area contributed by atoms with Crippen LogP contribution in [0, 0.1) is 63.4 Å². The number of nitro benzene ring substituents is 2. The minimum absolute atomic E-state index is 0.0159. The first-order valence-electron chi connectivity index (χ1n) is 19.7. The largest absolute Gasteiger partial charge is 0.416 e. The van der Waals surface area contributed by atoms with Crippen LogP contribution in [0.1, 0.15) is 65.3 Å². The number of aryl methyl sites for hydroxylation is 3. The summed E-state index contributed by atoms with van der Waals surface area (Å²) in [5.41, 5.74) is -1.47. The van der Waals surface area contributed by atoms with Crippen molar-refractivity contribution in [3.05, 3.63) is 181 Å². The van der Waals surface area contributed by atoms with Crippen LogP contribution in [0.5, 0.6) is 0 Å². The fourth-order valence-corrected chi connectivity index (χ4v) is 6.58. The summed E-state index contributed by atoms with van der Waals surface area (Å²) in [5, 5.41) is 29.3. The van der Waals surface area contributed by atoms with E-state index >= 15 is 0 Å². The predicted molar refractivity (Wildman–Crippen MR) is 241 cm³/mol. The second-order valence-electron chi connectivity index (χ2n) is 14.1. The lowest BCUT2D eigenvalue weighted by molar-refractivity contribution is -0.385. The highest BCUT2D eigenvalue weighted by Gasteiger charge is 2.36. The molecular formula is C44H44Cl3F9N6O5. The summed E-state index contributed by atoms with van der Waals surface area (Å²) in [4.78, 5) is 31.8. The number of benzene rings is 5. The zero-order chi connectivity index (χ0) is 51.0. The van der Waals surface area contributed by atoms with Gasteiger partial charge in [0.15, 0.2) is 0 Å². The monoisotopic (exact) mass is 1010 g/mol. The SMILES string of the molecule is CCN(Cc1c(C)cccc1F)c1c(C)cc(C(F)(F)F)cc1[N+](=O)[O-].CCN(Cc1c(F)cccc1Cl)N=O.CCNCc1c(F)cccc1Cl.Cc1cc(C(F)(F)F)cc([N+](=O)[O-])c1Cl. The molecule has 0 bridgehead atoms. The smallest absolute Gasteiger partial charge is 0.362 e. The molecule has 0 radical (unpaired) electrons. The maximum Gasteiger partial charge on any atom is 0.416 e. The Morgan fingerprint density at radius 1 is 0.627 bits per heavy atom. The standard InChI is InChI=1S/C18H18F4N2O2.C9H10ClFN2O.C9H11ClFN.C8H5ClF3NO2/c1-4-23(10-14-11(2)6-5-7-15(14)19)17-12(3)8-13(18(20,21)22)9-16(17)24(25)26;1-2-13(12-14)6-7-8(10)4-3-5-9(7)11;1-2-12-6-7-8(10)4-3-5-9(7)11;1-4-2-5(8(10,11)12)3-6(7(4)9)13(14)15/h5-9H,4,10H2,1-3H3;3-5H,2,6H2,1H3;3-5,12H,2,6H2,1H3;2-3H,1H3. The van der Waals surface area contributed by atoms with Crippen LogP contribution >= 0.6 is 34.8 Å². The minimum Gasteiger partial charge on any atom is -0.362 e. The first-order valence-corrected chi connectivity index (χ1v) is 20.9. The van der Waals surface area contributed by atoms with Gasteiger partial charge >= 0.3 is 12.4 Å². The molecule has 0 fully saturated rings. The maximum absolute atomic E-state index is 14.1. The highest BCUT2D eigenvalue weighted by molar-refractivity contribution is 6.33. The lowest BCUT2D eigenvalue weighted by Gasteiger charge is -2.26. The summed E-state index contributed by atoms with van der Waals surface area (Å²) < 4.78 is 116. The number of hydrogen-bond donors (Lipinski definition) is 1. The molecule has 0 aliphatic rings. The molecule has 0 spiro atoms. The molecule has 364 valence electrons. The Labute approximate surface area is 394 Å². The first-order chi connectivity index (χ1) is 31.2. The Morgan fingerprint density at radius 2 is 1.09 bits per heavy atom. The van der Waals surface area contributed by atoms with Crippen LogP contribution in [0.15, 0.2) is 84.1 Å². The molecule has 0 aromatic heterocycles. The van der Waals surface area contributed by atoms with Gasteiger partial charge in [0.1, 0.15) is 28.2 Å². The van der Waals surface area contributed by atoms with Crippen LogP contribution in [-0.2, 0) is 32.0 Å². The molecule has 0 saturated carbocycles. The van der Waals surface area contributed by atoms with Crippen LogP contribution in [0.2, 0.25) is 15.1 Å². The van der Waals surface area contributed by atoms with E-state index in [1.165, 1.54) is 48.0 Å². The van der Waals surface area contributed by atoms with Crippen LogP contribution in [0.4, 0.5) is 56.6 Å². The summed E-state index contributed by atoms with van der Waals surface area (Å²) in [6, 6.07) is 16.3. The molecule has 5 aromatic carbocycles. The molecule has 1 N–H and O–H groups in total. The summed E-state index contributed by atoms with van der Waals surface area (Å²) >= 11 is 17.1. The number of nitroso groups, excluding NO2 is 1. The number of alkyl halides is 6. The maximum atomic E-state index is 14.1. The summed E-state index contributed by atoms with van der Waals surface area (Å²) in [6.45, 7) is 11.9. The Kier molecular flexibility index (Phi) is 22.3. The van der Waals surface area contributed by atoms with Crippen molar-refractivity contribution in [3.8, 4) is 0 Å². The van der Waals surface area contributed by atoms with Gasteiger partial charge in [0, 0.05) is 65.0 Å². The average Bonchev–Trinajstić information content (AvgIpc) is 3.24. The first kappa shape index (κ1) is 57.4. The van der Waals surface area contributed by atoms with E-state index in [-0.39, 0.29) is 47.3 Å². The third kappa shape index (κ3) is 16.8. The van der Waals surface area contributed by atoms with E-state index in [1.54, 1.807) is 51.1 Å². The van der Waals surface area contributed by atoms with Crippen molar-refractivity contribution in [2.45, 2.75) is 73.5 Å². The second kappa shape index (κ2) is 26.0. The Morgan fingerprint density at radius 3 is 1.51 bits per heavy atom. The zero-order valence-corrected chi connectivity index (χ0v) is 38.8. The number of anilines is 1. The van der Waals surface area contributed by atoms with Crippen LogP contribution in [-0.4, -0.2) is 34.5 Å². The molecule has 0 aliphatic heterocycles. The molecular weight excluding hydrogens is 970 g/mol. The molecule has 0 heterocycles. The van der Waals surface area contributed by atoms with Crippen molar-refractivity contribution in [3.63, 3.8) is 0 Å². The molecule has 0 unspecified atom stereocenters. The van der Waals surface area contributed by atoms with Crippen LogP contribution in [0.25, 0.3) is 0 Å². The van der Waals surface area contributed by atoms with Crippen LogP contribution in [0.3, 0.4) is 0 Å². The fourth-order valence-electron chi connectivity index (χ4n) is 5.94. The van der Waals surface area contributed by atoms with Gasteiger partial charge in [-0.3, -0.25) is 25.2 Å². The molecule has 0 atom stereocenters. The van der Waals surface area contributed by atoms with Crippen LogP contribution < -0.4 is 10.2 Å². The Balaban J connectivity index is 0.000000324. The quantitative estimate of drug-likeness (QED) is 0.0533. The molecule has 5 rings (SSSR count). The average molecular weight is 1010 g/mol. The topological polar surface area (TPSA) is 134 Å². The molecule has 0 amide bonds. The number of rotatable bonds is 13. The van der Waals surface area contributed by atoms with E-state index in [2.05, 4.69) is 10.6 Å². The van der Waals surface area contributed by atoms with E-state index < -0.39 is 56.3 Å². The number of nitrogens with one attached hydrogen (secondary N) is 1. The molecule has 5 aromatic rings. The summed E-state index contributed by atoms with van der Waals surface area (Å²) in [5.74, 6) is -1.13. The molecule has 11 nitrogen and oxygen atoms in total. The lowest BCUT2D eigenvalue weighted by atomic mass is 10.0. The summed E-state index contributed by atoms with van der Waals surface area (Å²) in [7, 11) is 0. The van der Waals surface area contributed by atoms with Crippen molar-refractivity contribution < 1.29 is 49.4 Å². The molecule has 0 aliphatic carbocycles. The lowest BCUT2D eigenvalue weighted by Crippen LogP contribution is -2.25. The van der Waals surface area contributed by atoms with E-state index in [4.69, 9.17) is 34.8 Å². The van der Waals surface area contributed by atoms with Crippen molar-refractivity contribution >= 4 is 51.9 Å². The summed E-state index contributed by atoms with van der Waals surface area (Å²) in [6.07, 6.45) is -9.30. The zero-order valence-electron chi connectivity index (χ0n) is 36.6. The van der Waals surface area contributed by atoms with E-state index in [9.17, 15) is 64.6 Å².